The van der Waals surface area contributed by atoms with Crippen LogP contribution in [0.2, 0.25) is 0 Å². The lowest BCUT2D eigenvalue weighted by molar-refractivity contribution is 0.174. The lowest BCUT2D eigenvalue weighted by Crippen LogP contribution is -1.92. The third-order valence-corrected chi connectivity index (χ3v) is 3.09. The number of aryl methyl sites for hydroxylation is 2. The van der Waals surface area contributed by atoms with E-state index in [1.54, 1.807) is 7.11 Å². The van der Waals surface area contributed by atoms with Gasteiger partial charge in [-0.05, 0) is 19.9 Å². The molecular formula is C13H14N2O3. The molecule has 0 unspecified atom stereocenters. The van der Waals surface area contributed by atoms with Gasteiger partial charge in [0.1, 0.15) is 5.75 Å². The molecule has 0 spiro atoms. The number of methoxy groups -OCH3 is 1. The zero-order chi connectivity index (χ0) is 12.7. The summed E-state index contributed by atoms with van der Waals surface area (Å²) in [5, 5.41) is 7.19. The number of fused-ring (bicyclic) bond motifs is 1. The second-order valence-corrected chi connectivity index (χ2v) is 4.21. The highest BCUT2D eigenvalue weighted by Gasteiger charge is 2.21. The number of ether oxygens (including phenoxy) is 3. The monoisotopic (exact) mass is 246 g/mol. The lowest BCUT2D eigenvalue weighted by Gasteiger charge is -2.10. The Morgan fingerprint density at radius 1 is 1.22 bits per heavy atom. The molecule has 0 aliphatic carbocycles. The van der Waals surface area contributed by atoms with Crippen molar-refractivity contribution in [1.82, 2.24) is 10.2 Å². The van der Waals surface area contributed by atoms with Crippen LogP contribution in [0.5, 0.6) is 17.2 Å². The average molecular weight is 246 g/mol. The summed E-state index contributed by atoms with van der Waals surface area (Å²) < 4.78 is 16.2. The molecule has 1 aliphatic heterocycles. The van der Waals surface area contributed by atoms with Crippen molar-refractivity contribution < 1.29 is 14.2 Å². The quantitative estimate of drug-likeness (QED) is 0.884. The van der Waals surface area contributed by atoms with Crippen LogP contribution in [0.3, 0.4) is 0 Å². The first-order chi connectivity index (χ1) is 8.70. The molecular weight excluding hydrogens is 232 g/mol. The Kier molecular flexibility index (Phi) is 2.40. The predicted molar refractivity (Wildman–Crippen MR) is 66.2 cm³/mol. The highest BCUT2D eigenvalue weighted by atomic mass is 16.7. The topological polar surface area (TPSA) is 56.4 Å². The Bertz CT molecular complexity index is 585. The highest BCUT2D eigenvalue weighted by Crippen LogP contribution is 2.43. The molecule has 3 rings (SSSR count). The average Bonchev–Trinajstić information content (AvgIpc) is 2.94. The second-order valence-electron chi connectivity index (χ2n) is 4.21. The van der Waals surface area contributed by atoms with Crippen molar-refractivity contribution in [2.45, 2.75) is 13.8 Å². The van der Waals surface area contributed by atoms with Crippen LogP contribution in [-0.4, -0.2) is 24.1 Å². The Hall–Kier alpha value is -2.17. The minimum atomic E-state index is 0.255. The zero-order valence-electron chi connectivity index (χ0n) is 10.5. The smallest absolute Gasteiger partial charge is 0.231 e. The number of hydrogen-bond donors (Lipinski definition) is 1. The third-order valence-electron chi connectivity index (χ3n) is 3.09. The fourth-order valence-electron chi connectivity index (χ4n) is 2.24. The van der Waals surface area contributed by atoms with E-state index in [9.17, 15) is 0 Å². The molecule has 94 valence electrons. The van der Waals surface area contributed by atoms with E-state index < -0.39 is 0 Å². The first-order valence-electron chi connectivity index (χ1n) is 5.70. The van der Waals surface area contributed by atoms with Gasteiger partial charge in [0.05, 0.1) is 12.8 Å². The van der Waals surface area contributed by atoms with Crippen LogP contribution in [0.25, 0.3) is 11.1 Å². The Morgan fingerprint density at radius 3 is 2.56 bits per heavy atom. The Balaban J connectivity index is 2.23. The molecule has 1 aromatic carbocycles. The van der Waals surface area contributed by atoms with Gasteiger partial charge in [0.25, 0.3) is 0 Å². The van der Waals surface area contributed by atoms with Gasteiger partial charge in [0, 0.05) is 22.9 Å². The van der Waals surface area contributed by atoms with Crippen molar-refractivity contribution in [3.63, 3.8) is 0 Å². The minimum absolute atomic E-state index is 0.255. The van der Waals surface area contributed by atoms with Gasteiger partial charge in [0.15, 0.2) is 11.5 Å². The number of H-pyrrole nitrogens is 1. The van der Waals surface area contributed by atoms with Crippen molar-refractivity contribution in [1.29, 1.82) is 0 Å². The van der Waals surface area contributed by atoms with Gasteiger partial charge in [0.2, 0.25) is 6.79 Å². The lowest BCUT2D eigenvalue weighted by atomic mass is 10.0. The van der Waals surface area contributed by atoms with Gasteiger partial charge >= 0.3 is 0 Å². The van der Waals surface area contributed by atoms with Crippen molar-refractivity contribution >= 4 is 0 Å². The maximum Gasteiger partial charge on any atom is 0.231 e. The molecule has 2 aromatic rings. The van der Waals surface area contributed by atoms with Gasteiger partial charge < -0.3 is 14.2 Å². The zero-order valence-corrected chi connectivity index (χ0v) is 10.5. The van der Waals surface area contributed by atoms with E-state index in [4.69, 9.17) is 14.2 Å². The SMILES string of the molecule is COc1cc2c(cc1-c1c(C)n[nH]c1C)OCO2. The summed E-state index contributed by atoms with van der Waals surface area (Å²) in [5.74, 6) is 2.21. The number of aromatic nitrogens is 2. The molecule has 5 nitrogen and oxygen atoms in total. The molecule has 0 bridgehead atoms. The normalized spacial score (nSPS) is 12.8. The van der Waals surface area contributed by atoms with Crippen LogP contribution in [0.15, 0.2) is 12.1 Å². The van der Waals surface area contributed by atoms with Crippen LogP contribution in [0, 0.1) is 13.8 Å². The van der Waals surface area contributed by atoms with Gasteiger partial charge in [-0.15, -0.1) is 0 Å². The van der Waals surface area contributed by atoms with E-state index in [2.05, 4.69) is 10.2 Å². The van der Waals surface area contributed by atoms with Crippen LogP contribution >= 0.6 is 0 Å². The predicted octanol–water partition coefficient (Wildman–Crippen LogP) is 2.43. The molecule has 1 aliphatic rings. The Labute approximate surface area is 105 Å². The third kappa shape index (κ3) is 1.51. The maximum atomic E-state index is 5.43. The highest BCUT2D eigenvalue weighted by molar-refractivity contribution is 5.77. The standard InChI is InChI=1S/C13H14N2O3/c1-7-13(8(2)15-14-7)9-4-11-12(18-6-17-11)5-10(9)16-3/h4-5H,6H2,1-3H3,(H,14,15). The van der Waals surface area contributed by atoms with E-state index >= 15 is 0 Å². The summed E-state index contributed by atoms with van der Waals surface area (Å²) in [6.45, 7) is 4.20. The van der Waals surface area contributed by atoms with Crippen molar-refractivity contribution in [2.75, 3.05) is 13.9 Å². The first kappa shape index (κ1) is 11.0. The van der Waals surface area contributed by atoms with E-state index in [0.717, 1.165) is 39.8 Å². The van der Waals surface area contributed by atoms with Crippen molar-refractivity contribution in [2.24, 2.45) is 0 Å². The summed E-state index contributed by atoms with van der Waals surface area (Å²) in [6.07, 6.45) is 0. The molecule has 1 N–H and O–H groups in total. The number of hydrogen-bond acceptors (Lipinski definition) is 4. The molecule has 0 fully saturated rings. The van der Waals surface area contributed by atoms with Gasteiger partial charge in [-0.2, -0.15) is 5.10 Å². The van der Waals surface area contributed by atoms with Crippen molar-refractivity contribution in [3.05, 3.63) is 23.5 Å². The number of aromatic amines is 1. The molecule has 0 saturated carbocycles. The number of nitrogens with one attached hydrogen (secondary N) is 1. The van der Waals surface area contributed by atoms with Gasteiger partial charge in [-0.25, -0.2) is 0 Å². The van der Waals surface area contributed by atoms with Gasteiger partial charge in [-0.3, -0.25) is 5.10 Å². The number of rotatable bonds is 2. The second kappa shape index (κ2) is 3.94. The molecule has 2 heterocycles. The van der Waals surface area contributed by atoms with Crippen molar-refractivity contribution in [3.8, 4) is 28.4 Å². The summed E-state index contributed by atoms with van der Waals surface area (Å²) in [5.41, 5.74) is 3.95. The summed E-state index contributed by atoms with van der Waals surface area (Å²) in [7, 11) is 1.64. The van der Waals surface area contributed by atoms with E-state index in [1.165, 1.54) is 0 Å². The number of benzene rings is 1. The van der Waals surface area contributed by atoms with Crippen LogP contribution in [-0.2, 0) is 0 Å². The molecule has 0 atom stereocenters. The van der Waals surface area contributed by atoms with E-state index in [0.29, 0.717) is 0 Å². The fraction of sp³-hybridized carbons (Fsp3) is 0.308. The maximum absolute atomic E-state index is 5.43. The largest absolute Gasteiger partial charge is 0.496 e. The number of nitrogens with zero attached hydrogens (tertiary/aromatic N) is 1. The van der Waals surface area contributed by atoms with Crippen LogP contribution < -0.4 is 14.2 Å². The molecule has 0 radical (unpaired) electrons. The fourth-order valence-corrected chi connectivity index (χ4v) is 2.24. The summed E-state index contributed by atoms with van der Waals surface area (Å²) in [6, 6.07) is 3.79. The van der Waals surface area contributed by atoms with Crippen LogP contribution in [0.4, 0.5) is 0 Å². The van der Waals surface area contributed by atoms with E-state index in [-0.39, 0.29) is 6.79 Å². The molecule has 18 heavy (non-hydrogen) atoms. The molecule has 0 saturated heterocycles. The summed E-state index contributed by atoms with van der Waals surface area (Å²) >= 11 is 0. The molecule has 0 amide bonds. The minimum Gasteiger partial charge on any atom is -0.496 e. The van der Waals surface area contributed by atoms with Gasteiger partial charge in [-0.1, -0.05) is 0 Å². The summed E-state index contributed by atoms with van der Waals surface area (Å²) in [4.78, 5) is 0. The Morgan fingerprint density at radius 2 is 1.94 bits per heavy atom. The molecule has 1 aromatic heterocycles. The first-order valence-corrected chi connectivity index (χ1v) is 5.70. The van der Waals surface area contributed by atoms with E-state index in [1.807, 2.05) is 26.0 Å². The molecule has 5 heteroatoms. The van der Waals surface area contributed by atoms with Crippen LogP contribution in [0.1, 0.15) is 11.4 Å².